The van der Waals surface area contributed by atoms with Crippen molar-refractivity contribution < 1.29 is 14.3 Å². The Kier molecular flexibility index (Phi) is 9.03. The zero-order valence-electron chi connectivity index (χ0n) is 14.9. The molecule has 0 aliphatic rings. The number of rotatable bonds is 8. The van der Waals surface area contributed by atoms with Gasteiger partial charge in [0.05, 0.1) is 7.11 Å². The summed E-state index contributed by atoms with van der Waals surface area (Å²) in [5.74, 6) is 0.286. The minimum absolute atomic E-state index is 0. The van der Waals surface area contributed by atoms with Gasteiger partial charge >= 0.3 is 5.97 Å². The van der Waals surface area contributed by atoms with Crippen LogP contribution in [0, 0.1) is 0 Å². The van der Waals surface area contributed by atoms with Gasteiger partial charge < -0.3 is 14.8 Å². The molecule has 2 aromatic rings. The van der Waals surface area contributed by atoms with Gasteiger partial charge in [0.2, 0.25) is 0 Å². The average molecular weight is 364 g/mol. The lowest BCUT2D eigenvalue weighted by Gasteiger charge is -2.20. The Morgan fingerprint density at radius 2 is 1.68 bits per heavy atom. The number of esters is 1. The summed E-state index contributed by atoms with van der Waals surface area (Å²) in [5, 5.41) is 3.61. The molecule has 0 aromatic heterocycles. The minimum Gasteiger partial charge on any atom is -0.482 e. The highest BCUT2D eigenvalue weighted by atomic mass is 35.5. The van der Waals surface area contributed by atoms with Gasteiger partial charge in [0.15, 0.2) is 6.61 Å². The highest BCUT2D eigenvalue weighted by Crippen LogP contribution is 2.16. The number of methoxy groups -OCH3 is 1. The first-order chi connectivity index (χ1) is 11.6. The Morgan fingerprint density at radius 3 is 2.28 bits per heavy atom. The van der Waals surface area contributed by atoms with E-state index < -0.39 is 0 Å². The molecule has 2 rings (SSSR count). The maximum absolute atomic E-state index is 11.1. The molecule has 5 heteroatoms. The standard InChI is InChI=1S/C20H25NO3.ClH/c1-15(21-16(2)18-7-5-4-6-8-18)13-17-9-11-19(12-10-17)24-14-20(22)23-3;/h4-12,15-16,21H,13-14H2,1-3H3;1H/t15-,16-;/m1./s1. The number of ether oxygens (including phenoxy) is 2. The zero-order chi connectivity index (χ0) is 17.4. The molecule has 2 atom stereocenters. The van der Waals surface area contributed by atoms with Crippen molar-refractivity contribution in [1.29, 1.82) is 0 Å². The van der Waals surface area contributed by atoms with E-state index >= 15 is 0 Å². The van der Waals surface area contributed by atoms with Crippen LogP contribution in [0.15, 0.2) is 54.6 Å². The van der Waals surface area contributed by atoms with E-state index in [9.17, 15) is 4.79 Å². The van der Waals surface area contributed by atoms with Gasteiger partial charge in [-0.2, -0.15) is 0 Å². The van der Waals surface area contributed by atoms with E-state index in [1.807, 2.05) is 30.3 Å². The fraction of sp³-hybridized carbons (Fsp3) is 0.350. The number of carbonyl (C=O) groups is 1. The second kappa shape index (κ2) is 10.7. The molecule has 0 spiro atoms. The second-order valence-corrected chi connectivity index (χ2v) is 5.91. The topological polar surface area (TPSA) is 47.6 Å². The van der Waals surface area contributed by atoms with E-state index in [1.165, 1.54) is 18.2 Å². The van der Waals surface area contributed by atoms with Crippen molar-refractivity contribution in [2.75, 3.05) is 13.7 Å². The van der Waals surface area contributed by atoms with Crippen LogP contribution in [0.1, 0.15) is 31.0 Å². The highest BCUT2D eigenvalue weighted by Gasteiger charge is 2.10. The van der Waals surface area contributed by atoms with Gasteiger partial charge in [-0.15, -0.1) is 12.4 Å². The number of hydrogen-bond acceptors (Lipinski definition) is 4. The largest absolute Gasteiger partial charge is 0.482 e. The molecule has 25 heavy (non-hydrogen) atoms. The molecule has 0 amide bonds. The summed E-state index contributed by atoms with van der Waals surface area (Å²) in [5.41, 5.74) is 2.51. The average Bonchev–Trinajstić information content (AvgIpc) is 2.61. The number of halogens is 1. The second-order valence-electron chi connectivity index (χ2n) is 5.91. The predicted octanol–water partition coefficient (Wildman–Crippen LogP) is 3.94. The SMILES string of the molecule is COC(=O)COc1ccc(C[C@@H](C)N[C@H](C)c2ccccc2)cc1.Cl. The Hall–Kier alpha value is -2.04. The molecule has 0 saturated heterocycles. The Bertz CT molecular complexity index is 631. The molecule has 4 nitrogen and oxygen atoms in total. The molecular formula is C20H26ClNO3. The predicted molar refractivity (Wildman–Crippen MR) is 102 cm³/mol. The zero-order valence-corrected chi connectivity index (χ0v) is 15.7. The van der Waals surface area contributed by atoms with Crippen molar-refractivity contribution >= 4 is 18.4 Å². The summed E-state index contributed by atoms with van der Waals surface area (Å²) < 4.78 is 9.90. The molecule has 0 aliphatic heterocycles. The summed E-state index contributed by atoms with van der Waals surface area (Å²) in [7, 11) is 1.35. The molecule has 0 aliphatic carbocycles. The number of benzene rings is 2. The lowest BCUT2D eigenvalue weighted by Crippen LogP contribution is -2.30. The first kappa shape index (κ1) is 21.0. The van der Waals surface area contributed by atoms with E-state index in [4.69, 9.17) is 4.74 Å². The Balaban J connectivity index is 0.00000312. The van der Waals surface area contributed by atoms with Gasteiger partial charge in [-0.3, -0.25) is 0 Å². The Labute approximate surface area is 155 Å². The number of hydrogen-bond donors (Lipinski definition) is 1. The van der Waals surface area contributed by atoms with Crippen LogP contribution in [0.4, 0.5) is 0 Å². The molecule has 0 radical (unpaired) electrons. The van der Waals surface area contributed by atoms with Crippen LogP contribution >= 0.6 is 12.4 Å². The van der Waals surface area contributed by atoms with E-state index in [0.717, 1.165) is 6.42 Å². The van der Waals surface area contributed by atoms with Crippen molar-refractivity contribution in [3.8, 4) is 5.75 Å². The minimum atomic E-state index is -0.383. The van der Waals surface area contributed by atoms with Gasteiger partial charge in [-0.25, -0.2) is 4.79 Å². The Morgan fingerprint density at radius 1 is 1.04 bits per heavy atom. The number of carbonyl (C=O) groups excluding carboxylic acids is 1. The summed E-state index contributed by atoms with van der Waals surface area (Å²) >= 11 is 0. The van der Waals surface area contributed by atoms with Crippen LogP contribution in [0.5, 0.6) is 5.75 Å². The smallest absolute Gasteiger partial charge is 0.343 e. The summed E-state index contributed by atoms with van der Waals surface area (Å²) in [6.07, 6.45) is 0.925. The molecule has 0 heterocycles. The van der Waals surface area contributed by atoms with Crippen molar-refractivity contribution in [3.05, 3.63) is 65.7 Å². The van der Waals surface area contributed by atoms with Crippen molar-refractivity contribution in [1.82, 2.24) is 5.32 Å². The van der Waals surface area contributed by atoms with Gasteiger partial charge in [-0.1, -0.05) is 42.5 Å². The van der Waals surface area contributed by atoms with Crippen molar-refractivity contribution in [3.63, 3.8) is 0 Å². The maximum atomic E-state index is 11.1. The van der Waals surface area contributed by atoms with E-state index in [0.29, 0.717) is 17.8 Å². The van der Waals surface area contributed by atoms with E-state index in [1.54, 1.807) is 0 Å². The molecule has 0 bridgehead atoms. The molecule has 1 N–H and O–H groups in total. The van der Waals surface area contributed by atoms with E-state index in [-0.39, 0.29) is 25.0 Å². The van der Waals surface area contributed by atoms with Crippen LogP contribution in [-0.2, 0) is 16.0 Å². The normalized spacial score (nSPS) is 12.6. The first-order valence-electron chi connectivity index (χ1n) is 8.18. The lowest BCUT2D eigenvalue weighted by molar-refractivity contribution is -0.142. The number of nitrogens with one attached hydrogen (secondary N) is 1. The van der Waals surface area contributed by atoms with Crippen LogP contribution in [0.25, 0.3) is 0 Å². The van der Waals surface area contributed by atoms with Crippen LogP contribution < -0.4 is 10.1 Å². The van der Waals surface area contributed by atoms with Crippen molar-refractivity contribution in [2.24, 2.45) is 0 Å². The third kappa shape index (κ3) is 7.16. The third-order valence-corrected chi connectivity index (χ3v) is 3.88. The monoisotopic (exact) mass is 363 g/mol. The van der Waals surface area contributed by atoms with Crippen LogP contribution in [0.3, 0.4) is 0 Å². The molecule has 136 valence electrons. The molecular weight excluding hydrogens is 338 g/mol. The summed E-state index contributed by atoms with van der Waals surface area (Å²) in [6.45, 7) is 4.29. The van der Waals surface area contributed by atoms with Gasteiger partial charge in [0.25, 0.3) is 0 Å². The summed E-state index contributed by atoms with van der Waals surface area (Å²) in [4.78, 5) is 11.1. The van der Waals surface area contributed by atoms with Gasteiger partial charge in [0.1, 0.15) is 5.75 Å². The van der Waals surface area contributed by atoms with Gasteiger partial charge in [0, 0.05) is 12.1 Å². The molecule has 0 unspecified atom stereocenters. The molecule has 0 fully saturated rings. The van der Waals surface area contributed by atoms with Gasteiger partial charge in [-0.05, 0) is 43.5 Å². The molecule has 0 saturated carbocycles. The lowest BCUT2D eigenvalue weighted by atomic mass is 10.0. The van der Waals surface area contributed by atoms with Crippen molar-refractivity contribution in [2.45, 2.75) is 32.4 Å². The quantitative estimate of drug-likeness (QED) is 0.721. The first-order valence-corrected chi connectivity index (χ1v) is 8.18. The summed E-state index contributed by atoms with van der Waals surface area (Å²) in [6, 6.07) is 18.9. The fourth-order valence-corrected chi connectivity index (χ4v) is 2.60. The molecule has 2 aromatic carbocycles. The third-order valence-electron chi connectivity index (χ3n) is 3.88. The fourth-order valence-electron chi connectivity index (χ4n) is 2.60. The van der Waals surface area contributed by atoms with E-state index in [2.05, 4.69) is 48.2 Å². The maximum Gasteiger partial charge on any atom is 0.343 e. The van der Waals surface area contributed by atoms with Crippen LogP contribution in [-0.4, -0.2) is 25.7 Å². The van der Waals surface area contributed by atoms with Crippen LogP contribution in [0.2, 0.25) is 0 Å². The highest BCUT2D eigenvalue weighted by molar-refractivity contribution is 5.85.